The maximum absolute atomic E-state index is 6.03. The van der Waals surface area contributed by atoms with Gasteiger partial charge in [-0.15, -0.1) is 0 Å². The van der Waals surface area contributed by atoms with Crippen molar-refractivity contribution in [3.05, 3.63) is 23.8 Å². The van der Waals surface area contributed by atoms with E-state index in [-0.39, 0.29) is 5.60 Å². The molecule has 1 aromatic carbocycles. The first-order chi connectivity index (χ1) is 8.23. The van der Waals surface area contributed by atoms with E-state index in [1.165, 1.54) is 5.19 Å². The van der Waals surface area contributed by atoms with Crippen molar-refractivity contribution in [2.75, 3.05) is 7.11 Å². The Hall–Kier alpha value is -1.22. The van der Waals surface area contributed by atoms with E-state index in [0.717, 1.165) is 17.1 Å². The fraction of sp³-hybridized carbons (Fsp3) is 0.467. The van der Waals surface area contributed by atoms with Crippen LogP contribution in [0.25, 0.3) is 6.08 Å². The second kappa shape index (κ2) is 4.16. The quantitative estimate of drug-likeness (QED) is 0.760. The number of benzene rings is 1. The molecule has 1 heterocycles. The van der Waals surface area contributed by atoms with Gasteiger partial charge in [0.15, 0.2) is 0 Å². The third kappa shape index (κ3) is 2.46. The molecule has 0 fully saturated rings. The van der Waals surface area contributed by atoms with Gasteiger partial charge in [-0.05, 0) is 37.2 Å². The first kappa shape index (κ1) is 13.2. The first-order valence-corrected chi connectivity index (χ1v) is 9.84. The van der Waals surface area contributed by atoms with E-state index in [0.29, 0.717) is 0 Å². The molecule has 2 rings (SSSR count). The maximum Gasteiger partial charge on any atom is 0.127 e. The predicted molar refractivity (Wildman–Crippen MR) is 79.7 cm³/mol. The van der Waals surface area contributed by atoms with Crippen LogP contribution in [0.2, 0.25) is 19.6 Å². The van der Waals surface area contributed by atoms with Gasteiger partial charge in [0.25, 0.3) is 0 Å². The summed E-state index contributed by atoms with van der Waals surface area (Å²) in [5.74, 6) is 1.96. The Balaban J connectivity index is 2.57. The van der Waals surface area contributed by atoms with Gasteiger partial charge in [-0.25, -0.2) is 0 Å². The molecular weight excluding hydrogens is 240 g/mol. The molecule has 0 amide bonds. The lowest BCUT2D eigenvalue weighted by atomic mass is 10.0. The number of hydrogen-bond acceptors (Lipinski definition) is 2. The second-order valence-corrected chi connectivity index (χ2v) is 11.4. The van der Waals surface area contributed by atoms with Crippen LogP contribution in [0.4, 0.5) is 0 Å². The zero-order chi connectivity index (χ0) is 13.6. The van der Waals surface area contributed by atoms with Crippen LogP contribution in [0.3, 0.4) is 0 Å². The molecule has 18 heavy (non-hydrogen) atoms. The van der Waals surface area contributed by atoms with Gasteiger partial charge >= 0.3 is 0 Å². The van der Waals surface area contributed by atoms with Gasteiger partial charge in [-0.3, -0.25) is 0 Å². The highest BCUT2D eigenvalue weighted by Crippen LogP contribution is 2.33. The van der Waals surface area contributed by atoms with Crippen molar-refractivity contribution in [3.8, 4) is 11.5 Å². The van der Waals surface area contributed by atoms with Crippen LogP contribution in [0, 0.1) is 0 Å². The predicted octanol–water partition coefficient (Wildman–Crippen LogP) is 3.42. The third-order valence-electron chi connectivity index (χ3n) is 3.18. The largest absolute Gasteiger partial charge is 0.497 e. The fourth-order valence-electron chi connectivity index (χ4n) is 2.16. The fourth-order valence-corrected chi connectivity index (χ4v) is 3.63. The van der Waals surface area contributed by atoms with E-state index in [1.807, 2.05) is 0 Å². The van der Waals surface area contributed by atoms with Gasteiger partial charge in [0.05, 0.1) is 15.2 Å². The Morgan fingerprint density at radius 1 is 1.17 bits per heavy atom. The molecule has 3 heteroatoms. The summed E-state index contributed by atoms with van der Waals surface area (Å²) in [5, 5.41) is 1.31. The Morgan fingerprint density at radius 3 is 2.39 bits per heavy atom. The summed E-state index contributed by atoms with van der Waals surface area (Å²) < 4.78 is 11.6. The third-order valence-corrected chi connectivity index (χ3v) is 5.18. The molecular formula is C15H22O2Si. The molecule has 0 bridgehead atoms. The summed E-state index contributed by atoms with van der Waals surface area (Å²) in [6.07, 6.45) is 4.21. The Kier molecular flexibility index (Phi) is 3.05. The average Bonchev–Trinajstić information content (AvgIpc) is 2.25. The highest BCUT2D eigenvalue weighted by Gasteiger charge is 2.27. The lowest BCUT2D eigenvalue weighted by Gasteiger charge is -2.30. The van der Waals surface area contributed by atoms with Crippen LogP contribution in [-0.4, -0.2) is 20.8 Å². The van der Waals surface area contributed by atoms with Gasteiger partial charge in [-0.1, -0.05) is 25.7 Å². The van der Waals surface area contributed by atoms with Gasteiger partial charge in [-0.2, -0.15) is 0 Å². The molecule has 0 aliphatic carbocycles. The molecule has 1 aliphatic rings. The zero-order valence-electron chi connectivity index (χ0n) is 12.1. The highest BCUT2D eigenvalue weighted by atomic mass is 28.3. The molecule has 0 radical (unpaired) electrons. The van der Waals surface area contributed by atoms with Crippen molar-refractivity contribution in [1.29, 1.82) is 0 Å². The minimum Gasteiger partial charge on any atom is -0.497 e. The second-order valence-electron chi connectivity index (χ2n) is 6.38. The van der Waals surface area contributed by atoms with Crippen molar-refractivity contribution in [3.63, 3.8) is 0 Å². The van der Waals surface area contributed by atoms with E-state index < -0.39 is 8.07 Å². The number of methoxy groups -OCH3 is 1. The van der Waals surface area contributed by atoms with Gasteiger partial charge in [0.2, 0.25) is 0 Å². The molecule has 0 spiro atoms. The van der Waals surface area contributed by atoms with Gasteiger partial charge in [0.1, 0.15) is 17.1 Å². The number of ether oxygens (including phenoxy) is 2. The summed E-state index contributed by atoms with van der Waals surface area (Å²) in [7, 11) is 0.305. The topological polar surface area (TPSA) is 18.5 Å². The van der Waals surface area contributed by atoms with Crippen molar-refractivity contribution in [2.45, 2.75) is 39.1 Å². The summed E-state index contributed by atoms with van der Waals surface area (Å²) in [4.78, 5) is 0. The van der Waals surface area contributed by atoms with Crippen LogP contribution >= 0.6 is 0 Å². The van der Waals surface area contributed by atoms with Crippen LogP contribution < -0.4 is 14.7 Å². The lowest BCUT2D eigenvalue weighted by molar-refractivity contribution is 0.159. The smallest absolute Gasteiger partial charge is 0.127 e. The first-order valence-electron chi connectivity index (χ1n) is 6.34. The Labute approximate surface area is 111 Å². The number of hydrogen-bond donors (Lipinski definition) is 0. The van der Waals surface area contributed by atoms with Crippen LogP contribution in [0.5, 0.6) is 11.5 Å². The van der Waals surface area contributed by atoms with Crippen molar-refractivity contribution >= 4 is 19.3 Å². The van der Waals surface area contributed by atoms with Crippen LogP contribution in [-0.2, 0) is 0 Å². The van der Waals surface area contributed by atoms with Crippen molar-refractivity contribution in [2.24, 2.45) is 0 Å². The normalized spacial score (nSPS) is 17.0. The van der Waals surface area contributed by atoms with E-state index in [1.54, 1.807) is 7.11 Å². The molecule has 98 valence electrons. The average molecular weight is 262 g/mol. The SMILES string of the molecule is COc1cc2c(cc1[Si](C)(C)C)OC(C)(C)C=C2. The van der Waals surface area contributed by atoms with E-state index >= 15 is 0 Å². The standard InChI is InChI=1S/C15H22O2Si/c1-15(2)8-7-11-9-13(16-3)14(18(4,5)6)10-12(11)17-15/h7-10H,1-6H3. The summed E-state index contributed by atoms with van der Waals surface area (Å²) in [5.41, 5.74) is 0.881. The Morgan fingerprint density at radius 2 is 1.83 bits per heavy atom. The van der Waals surface area contributed by atoms with E-state index in [2.05, 4.69) is 57.8 Å². The maximum atomic E-state index is 6.03. The monoisotopic (exact) mass is 262 g/mol. The molecule has 0 saturated heterocycles. The molecule has 2 nitrogen and oxygen atoms in total. The summed E-state index contributed by atoms with van der Waals surface area (Å²) >= 11 is 0. The molecule has 1 aliphatic heterocycles. The molecule has 0 atom stereocenters. The van der Waals surface area contributed by atoms with Crippen molar-refractivity contribution in [1.82, 2.24) is 0 Å². The minimum absolute atomic E-state index is 0.224. The highest BCUT2D eigenvalue weighted by molar-refractivity contribution is 6.89. The molecule has 0 aromatic heterocycles. The molecule has 1 aromatic rings. The minimum atomic E-state index is -1.43. The van der Waals surface area contributed by atoms with E-state index in [4.69, 9.17) is 9.47 Å². The molecule has 0 unspecified atom stereocenters. The van der Waals surface area contributed by atoms with Crippen molar-refractivity contribution < 1.29 is 9.47 Å². The number of fused-ring (bicyclic) bond motifs is 1. The molecule has 0 N–H and O–H groups in total. The zero-order valence-corrected chi connectivity index (χ0v) is 13.1. The lowest BCUT2D eigenvalue weighted by Crippen LogP contribution is -2.39. The molecule has 0 saturated carbocycles. The van der Waals surface area contributed by atoms with Crippen LogP contribution in [0.1, 0.15) is 19.4 Å². The summed E-state index contributed by atoms with van der Waals surface area (Å²) in [6, 6.07) is 4.26. The summed E-state index contributed by atoms with van der Waals surface area (Å²) in [6.45, 7) is 11.1. The van der Waals surface area contributed by atoms with Gasteiger partial charge < -0.3 is 9.47 Å². The Bertz CT molecular complexity index is 496. The van der Waals surface area contributed by atoms with E-state index in [9.17, 15) is 0 Å². The number of rotatable bonds is 2. The van der Waals surface area contributed by atoms with Gasteiger partial charge in [0, 0.05) is 5.56 Å². The van der Waals surface area contributed by atoms with Crippen LogP contribution in [0.15, 0.2) is 18.2 Å².